The lowest BCUT2D eigenvalue weighted by Crippen LogP contribution is -2.16. The van der Waals surface area contributed by atoms with Gasteiger partial charge >= 0.3 is 5.97 Å². The Morgan fingerprint density at radius 2 is 1.88 bits per heavy atom. The molecule has 2 aliphatic rings. The number of halogens is 1. The van der Waals surface area contributed by atoms with Gasteiger partial charge < -0.3 is 23.7 Å². The van der Waals surface area contributed by atoms with Gasteiger partial charge in [-0.15, -0.1) is 0 Å². The van der Waals surface area contributed by atoms with Crippen LogP contribution < -0.4 is 18.9 Å². The zero-order valence-electron chi connectivity index (χ0n) is 13.7. The third-order valence-corrected chi connectivity index (χ3v) is 4.13. The van der Waals surface area contributed by atoms with Gasteiger partial charge in [0, 0.05) is 6.08 Å². The topological polar surface area (TPSA) is 63.2 Å². The lowest BCUT2D eigenvalue weighted by molar-refractivity contribution is -0.138. The molecule has 26 heavy (non-hydrogen) atoms. The van der Waals surface area contributed by atoms with E-state index in [9.17, 15) is 4.79 Å². The minimum Gasteiger partial charge on any atom is -0.486 e. The van der Waals surface area contributed by atoms with Crippen molar-refractivity contribution >= 4 is 23.6 Å². The Bertz CT molecular complexity index is 877. The highest BCUT2D eigenvalue weighted by atomic mass is 35.5. The number of carbonyl (C=O) groups is 1. The SMILES string of the molecule is O=C(/C=C/c1ccc2c(c1)OCO2)OCc1cc(Cl)c2c(c1)OCCO2. The molecule has 4 rings (SSSR count). The summed E-state index contributed by atoms with van der Waals surface area (Å²) in [5.41, 5.74) is 1.54. The van der Waals surface area contributed by atoms with Crippen molar-refractivity contribution in [3.05, 3.63) is 52.6 Å². The standard InChI is InChI=1S/C19H15ClO6/c20-14-7-13(9-17-19(14)23-6-5-22-17)10-24-18(21)4-2-12-1-3-15-16(8-12)26-11-25-15/h1-4,7-9H,5-6,10-11H2/b4-2+. The van der Waals surface area contributed by atoms with Crippen LogP contribution in [0.2, 0.25) is 5.02 Å². The van der Waals surface area contributed by atoms with Gasteiger partial charge in [-0.25, -0.2) is 4.79 Å². The zero-order chi connectivity index (χ0) is 17.9. The van der Waals surface area contributed by atoms with Crippen LogP contribution in [0.1, 0.15) is 11.1 Å². The summed E-state index contributed by atoms with van der Waals surface area (Å²) in [5.74, 6) is 1.97. The quantitative estimate of drug-likeness (QED) is 0.602. The second-order valence-electron chi connectivity index (χ2n) is 5.66. The maximum Gasteiger partial charge on any atom is 0.331 e. The first-order valence-corrected chi connectivity index (χ1v) is 8.39. The molecule has 0 amide bonds. The number of ether oxygens (including phenoxy) is 5. The predicted molar refractivity (Wildman–Crippen MR) is 93.8 cm³/mol. The Hall–Kier alpha value is -2.86. The molecule has 0 saturated carbocycles. The molecule has 0 unspecified atom stereocenters. The number of hydrogen-bond donors (Lipinski definition) is 0. The number of fused-ring (bicyclic) bond motifs is 2. The summed E-state index contributed by atoms with van der Waals surface area (Å²) in [6, 6.07) is 8.88. The van der Waals surface area contributed by atoms with Crippen molar-refractivity contribution in [2.45, 2.75) is 6.61 Å². The van der Waals surface area contributed by atoms with Crippen molar-refractivity contribution in [1.29, 1.82) is 0 Å². The molecule has 0 fully saturated rings. The number of hydrogen-bond acceptors (Lipinski definition) is 6. The van der Waals surface area contributed by atoms with Crippen LogP contribution >= 0.6 is 11.6 Å². The first kappa shape index (κ1) is 16.6. The molecule has 0 atom stereocenters. The highest BCUT2D eigenvalue weighted by molar-refractivity contribution is 6.32. The van der Waals surface area contributed by atoms with Crippen molar-refractivity contribution in [3.8, 4) is 23.0 Å². The van der Waals surface area contributed by atoms with Crippen molar-refractivity contribution in [2.24, 2.45) is 0 Å². The minimum atomic E-state index is -0.464. The second-order valence-corrected chi connectivity index (χ2v) is 6.06. The van der Waals surface area contributed by atoms with Gasteiger partial charge in [-0.05, 0) is 41.5 Å². The highest BCUT2D eigenvalue weighted by Crippen LogP contribution is 2.38. The van der Waals surface area contributed by atoms with E-state index in [0.717, 1.165) is 11.1 Å². The molecular weight excluding hydrogens is 360 g/mol. The van der Waals surface area contributed by atoms with E-state index in [0.29, 0.717) is 41.2 Å². The van der Waals surface area contributed by atoms with Crippen LogP contribution in [0.25, 0.3) is 6.08 Å². The van der Waals surface area contributed by atoms with Crippen LogP contribution in [0, 0.1) is 0 Å². The fourth-order valence-corrected chi connectivity index (χ4v) is 2.92. The minimum absolute atomic E-state index is 0.0840. The Morgan fingerprint density at radius 3 is 2.81 bits per heavy atom. The van der Waals surface area contributed by atoms with E-state index < -0.39 is 5.97 Å². The number of carbonyl (C=O) groups excluding carboxylic acids is 1. The van der Waals surface area contributed by atoms with Crippen LogP contribution in [-0.4, -0.2) is 26.0 Å². The van der Waals surface area contributed by atoms with Gasteiger partial charge in [0.15, 0.2) is 23.0 Å². The fraction of sp³-hybridized carbons (Fsp3) is 0.211. The average molecular weight is 375 g/mol. The largest absolute Gasteiger partial charge is 0.486 e. The van der Waals surface area contributed by atoms with Gasteiger partial charge in [-0.1, -0.05) is 17.7 Å². The Morgan fingerprint density at radius 1 is 1.04 bits per heavy atom. The Balaban J connectivity index is 1.37. The van der Waals surface area contributed by atoms with E-state index in [1.54, 1.807) is 30.3 Å². The first-order chi connectivity index (χ1) is 12.7. The van der Waals surface area contributed by atoms with Gasteiger partial charge in [0.1, 0.15) is 19.8 Å². The molecule has 0 bridgehead atoms. The number of esters is 1. The third-order valence-electron chi connectivity index (χ3n) is 3.85. The third kappa shape index (κ3) is 3.55. The lowest BCUT2D eigenvalue weighted by atomic mass is 10.2. The molecule has 7 heteroatoms. The number of rotatable bonds is 4. The van der Waals surface area contributed by atoms with E-state index in [4.69, 9.17) is 35.3 Å². The lowest BCUT2D eigenvalue weighted by Gasteiger charge is -2.20. The summed E-state index contributed by atoms with van der Waals surface area (Å²) in [6.07, 6.45) is 3.01. The number of benzene rings is 2. The highest BCUT2D eigenvalue weighted by Gasteiger charge is 2.17. The smallest absolute Gasteiger partial charge is 0.331 e. The van der Waals surface area contributed by atoms with Gasteiger partial charge in [-0.2, -0.15) is 0 Å². The molecule has 2 aromatic carbocycles. The Kier molecular flexibility index (Phi) is 4.58. The van der Waals surface area contributed by atoms with E-state index in [-0.39, 0.29) is 13.4 Å². The molecule has 0 spiro atoms. The van der Waals surface area contributed by atoms with Gasteiger partial charge in [0.25, 0.3) is 0 Å². The van der Waals surface area contributed by atoms with Crippen LogP contribution in [0.4, 0.5) is 0 Å². The molecule has 0 radical (unpaired) electrons. The molecule has 0 aliphatic carbocycles. The molecule has 2 heterocycles. The van der Waals surface area contributed by atoms with Crippen LogP contribution in [-0.2, 0) is 16.1 Å². The monoisotopic (exact) mass is 374 g/mol. The first-order valence-electron chi connectivity index (χ1n) is 8.01. The summed E-state index contributed by atoms with van der Waals surface area (Å²) in [5, 5.41) is 0.434. The molecule has 0 aromatic heterocycles. The summed E-state index contributed by atoms with van der Waals surface area (Å²) in [6.45, 7) is 1.22. The molecular formula is C19H15ClO6. The Labute approximate surface area is 154 Å². The maximum atomic E-state index is 11.9. The molecule has 0 saturated heterocycles. The average Bonchev–Trinajstić information content (AvgIpc) is 3.12. The van der Waals surface area contributed by atoms with Crippen molar-refractivity contribution in [3.63, 3.8) is 0 Å². The second kappa shape index (κ2) is 7.17. The van der Waals surface area contributed by atoms with Gasteiger partial charge in [0.05, 0.1) is 5.02 Å². The molecule has 2 aromatic rings. The maximum absolute atomic E-state index is 11.9. The molecule has 0 N–H and O–H groups in total. The van der Waals surface area contributed by atoms with E-state index in [2.05, 4.69) is 0 Å². The molecule has 134 valence electrons. The molecule has 6 nitrogen and oxygen atoms in total. The van der Waals surface area contributed by atoms with Crippen LogP contribution in [0.15, 0.2) is 36.4 Å². The van der Waals surface area contributed by atoms with Crippen molar-refractivity contribution in [1.82, 2.24) is 0 Å². The fourth-order valence-electron chi connectivity index (χ4n) is 2.63. The summed E-state index contributed by atoms with van der Waals surface area (Å²) < 4.78 is 26.8. The van der Waals surface area contributed by atoms with E-state index >= 15 is 0 Å². The van der Waals surface area contributed by atoms with Crippen LogP contribution in [0.5, 0.6) is 23.0 Å². The van der Waals surface area contributed by atoms with Gasteiger partial charge in [-0.3, -0.25) is 0 Å². The van der Waals surface area contributed by atoms with Gasteiger partial charge in [0.2, 0.25) is 6.79 Å². The summed E-state index contributed by atoms with van der Waals surface area (Å²) in [4.78, 5) is 11.9. The predicted octanol–water partition coefficient (Wildman–Crippen LogP) is 3.60. The van der Waals surface area contributed by atoms with Crippen molar-refractivity contribution in [2.75, 3.05) is 20.0 Å². The summed E-state index contributed by atoms with van der Waals surface area (Å²) in [7, 11) is 0. The van der Waals surface area contributed by atoms with Crippen molar-refractivity contribution < 1.29 is 28.5 Å². The molecule has 2 aliphatic heterocycles. The summed E-state index contributed by atoms with van der Waals surface area (Å²) >= 11 is 6.17. The van der Waals surface area contributed by atoms with E-state index in [1.807, 2.05) is 6.07 Å². The van der Waals surface area contributed by atoms with E-state index in [1.165, 1.54) is 6.08 Å². The van der Waals surface area contributed by atoms with Crippen LogP contribution in [0.3, 0.4) is 0 Å². The normalized spacial score (nSPS) is 14.5. The zero-order valence-corrected chi connectivity index (χ0v) is 14.5.